The van der Waals surface area contributed by atoms with Crippen LogP contribution in [0, 0.1) is 5.92 Å². The number of alkyl halides is 3. The highest BCUT2D eigenvalue weighted by Gasteiger charge is 2.39. The second-order valence-corrected chi connectivity index (χ2v) is 9.50. The molecule has 188 valence electrons. The molecule has 1 saturated heterocycles. The molecule has 0 radical (unpaired) electrons. The van der Waals surface area contributed by atoms with E-state index in [1.165, 1.54) is 7.05 Å². The van der Waals surface area contributed by atoms with Gasteiger partial charge in [-0.15, -0.1) is 0 Å². The van der Waals surface area contributed by atoms with Gasteiger partial charge in [-0.3, -0.25) is 9.59 Å². The van der Waals surface area contributed by atoms with Crippen LogP contribution in [0.3, 0.4) is 0 Å². The fourth-order valence-electron chi connectivity index (χ4n) is 3.97. The molecule has 2 fully saturated rings. The Morgan fingerprint density at radius 2 is 1.71 bits per heavy atom. The predicted molar refractivity (Wildman–Crippen MR) is 117 cm³/mol. The van der Waals surface area contributed by atoms with Crippen molar-refractivity contribution in [2.45, 2.75) is 51.4 Å². The van der Waals surface area contributed by atoms with Crippen LogP contribution in [0.5, 0.6) is 0 Å². The summed E-state index contributed by atoms with van der Waals surface area (Å²) in [5.74, 6) is -0.722. The maximum Gasteiger partial charge on any atom is 0.417 e. The van der Waals surface area contributed by atoms with E-state index in [4.69, 9.17) is 4.74 Å². The number of halogens is 3. The summed E-state index contributed by atoms with van der Waals surface area (Å²) in [7, 11) is 1.34. The number of alkyl carbamates (subject to hydrolysis) is 1. The molecule has 0 aromatic carbocycles. The highest BCUT2D eigenvalue weighted by atomic mass is 19.4. The largest absolute Gasteiger partial charge is 0.444 e. The quantitative estimate of drug-likeness (QED) is 0.679. The number of nitrogens with zero attached hydrogens (tertiary/aromatic N) is 3. The summed E-state index contributed by atoms with van der Waals surface area (Å²) in [5, 5.41) is 5.11. The molecule has 2 heterocycles. The van der Waals surface area contributed by atoms with Crippen molar-refractivity contribution >= 4 is 23.7 Å². The lowest BCUT2D eigenvalue weighted by Crippen LogP contribution is -2.55. The van der Waals surface area contributed by atoms with Crippen LogP contribution in [0.4, 0.5) is 23.8 Å². The smallest absolute Gasteiger partial charge is 0.417 e. The van der Waals surface area contributed by atoms with Crippen molar-refractivity contribution in [3.05, 3.63) is 23.4 Å². The Bertz CT molecular complexity index is 933. The summed E-state index contributed by atoms with van der Waals surface area (Å²) in [5.41, 5.74) is -1.75. The number of aromatic nitrogens is 1. The van der Waals surface area contributed by atoms with Gasteiger partial charge in [0.15, 0.2) is 0 Å². The van der Waals surface area contributed by atoms with Crippen molar-refractivity contribution in [1.82, 2.24) is 20.5 Å². The van der Waals surface area contributed by atoms with Gasteiger partial charge in [-0.05, 0) is 39.7 Å². The Hall–Kier alpha value is -3.05. The molecule has 1 aromatic heterocycles. The average molecular weight is 486 g/mol. The van der Waals surface area contributed by atoms with Gasteiger partial charge in [0.25, 0.3) is 5.91 Å². The number of rotatable bonds is 4. The molecule has 0 unspecified atom stereocenters. The molecule has 9 nitrogen and oxygen atoms in total. The molecule has 1 aliphatic heterocycles. The SMILES string of the molecule is CNC(=O)c1cc(C(F)(F)F)cnc1N1CCN(C(=O)C2CC(NC(=O)OC(C)(C)C)C2)CC1. The highest BCUT2D eigenvalue weighted by Crippen LogP contribution is 2.33. The molecule has 1 aromatic rings. The molecule has 34 heavy (non-hydrogen) atoms. The fraction of sp³-hybridized carbons (Fsp3) is 0.636. The van der Waals surface area contributed by atoms with Crippen LogP contribution in [0.25, 0.3) is 0 Å². The van der Waals surface area contributed by atoms with E-state index < -0.39 is 29.3 Å². The molecule has 2 N–H and O–H groups in total. The van der Waals surface area contributed by atoms with Crippen molar-refractivity contribution in [3.63, 3.8) is 0 Å². The van der Waals surface area contributed by atoms with Gasteiger partial charge >= 0.3 is 12.3 Å². The van der Waals surface area contributed by atoms with Gasteiger partial charge < -0.3 is 25.2 Å². The molecule has 3 rings (SSSR count). The van der Waals surface area contributed by atoms with Crippen LogP contribution in [0.2, 0.25) is 0 Å². The topological polar surface area (TPSA) is 104 Å². The maximum absolute atomic E-state index is 13.1. The first-order valence-corrected chi connectivity index (χ1v) is 11.1. The van der Waals surface area contributed by atoms with Gasteiger partial charge in [0.2, 0.25) is 5.91 Å². The monoisotopic (exact) mass is 485 g/mol. The summed E-state index contributed by atoms with van der Waals surface area (Å²) < 4.78 is 44.4. The zero-order valence-corrected chi connectivity index (χ0v) is 19.7. The first-order valence-electron chi connectivity index (χ1n) is 11.1. The third kappa shape index (κ3) is 6.09. The van der Waals surface area contributed by atoms with E-state index in [1.54, 1.807) is 30.6 Å². The highest BCUT2D eigenvalue weighted by molar-refractivity contribution is 5.99. The summed E-state index contributed by atoms with van der Waals surface area (Å²) >= 11 is 0. The molecule has 0 spiro atoms. The van der Waals surface area contributed by atoms with Crippen LogP contribution < -0.4 is 15.5 Å². The van der Waals surface area contributed by atoms with Gasteiger partial charge in [-0.2, -0.15) is 13.2 Å². The van der Waals surface area contributed by atoms with E-state index in [9.17, 15) is 27.6 Å². The van der Waals surface area contributed by atoms with Gasteiger partial charge in [-0.1, -0.05) is 0 Å². The lowest BCUT2D eigenvalue weighted by atomic mass is 9.79. The number of anilines is 1. The van der Waals surface area contributed by atoms with E-state index in [0.29, 0.717) is 45.2 Å². The predicted octanol–water partition coefficient (Wildman–Crippen LogP) is 2.41. The summed E-state index contributed by atoms with van der Waals surface area (Å²) in [6.07, 6.45) is -3.35. The van der Waals surface area contributed by atoms with Crippen LogP contribution in [0.15, 0.2) is 12.3 Å². The Morgan fingerprint density at radius 3 is 2.24 bits per heavy atom. The minimum Gasteiger partial charge on any atom is -0.444 e. The zero-order chi connectivity index (χ0) is 25.3. The normalized spacial score (nSPS) is 20.9. The molecule has 0 atom stereocenters. The Labute approximate surface area is 196 Å². The summed E-state index contributed by atoms with van der Waals surface area (Å²) in [4.78, 5) is 44.2. The molecular formula is C22H30F3N5O4. The Kier molecular flexibility index (Phi) is 7.27. The molecule has 2 aliphatic rings. The first kappa shape index (κ1) is 25.6. The van der Waals surface area contributed by atoms with Crippen LogP contribution >= 0.6 is 0 Å². The molecule has 3 amide bonds. The third-order valence-corrected chi connectivity index (χ3v) is 5.76. The molecule has 1 saturated carbocycles. The number of carbonyl (C=O) groups excluding carboxylic acids is 3. The van der Waals surface area contributed by atoms with Crippen LogP contribution in [-0.2, 0) is 15.7 Å². The molecule has 12 heteroatoms. The van der Waals surface area contributed by atoms with Crippen LogP contribution in [-0.4, -0.2) is 72.7 Å². The zero-order valence-electron chi connectivity index (χ0n) is 19.7. The Morgan fingerprint density at radius 1 is 1.09 bits per heavy atom. The minimum atomic E-state index is -4.61. The second-order valence-electron chi connectivity index (χ2n) is 9.50. The second kappa shape index (κ2) is 9.67. The van der Waals surface area contributed by atoms with Gasteiger partial charge in [0.1, 0.15) is 11.4 Å². The average Bonchev–Trinajstić information content (AvgIpc) is 2.72. The maximum atomic E-state index is 13.1. The van der Waals surface area contributed by atoms with E-state index >= 15 is 0 Å². The number of ether oxygens (including phenoxy) is 1. The van der Waals surface area contributed by atoms with Crippen molar-refractivity contribution in [2.24, 2.45) is 5.92 Å². The lowest BCUT2D eigenvalue weighted by molar-refractivity contribution is -0.139. The number of amides is 3. The Balaban J connectivity index is 1.55. The molecular weight excluding hydrogens is 455 g/mol. The molecule has 0 bridgehead atoms. The van der Waals surface area contributed by atoms with Crippen molar-refractivity contribution in [1.29, 1.82) is 0 Å². The molecule has 1 aliphatic carbocycles. The van der Waals surface area contributed by atoms with Gasteiger partial charge in [0, 0.05) is 51.4 Å². The van der Waals surface area contributed by atoms with Crippen molar-refractivity contribution in [3.8, 4) is 0 Å². The third-order valence-electron chi connectivity index (χ3n) is 5.76. The van der Waals surface area contributed by atoms with Crippen LogP contribution in [0.1, 0.15) is 49.5 Å². The van der Waals surface area contributed by atoms with E-state index in [2.05, 4.69) is 15.6 Å². The minimum absolute atomic E-state index is 0.0196. The van der Waals surface area contributed by atoms with Gasteiger partial charge in [-0.25, -0.2) is 9.78 Å². The van der Waals surface area contributed by atoms with Crippen molar-refractivity contribution < 1.29 is 32.3 Å². The summed E-state index contributed by atoms with van der Waals surface area (Å²) in [6, 6.07) is 0.682. The lowest BCUT2D eigenvalue weighted by Gasteiger charge is -2.41. The van der Waals surface area contributed by atoms with Crippen molar-refractivity contribution in [2.75, 3.05) is 38.1 Å². The van der Waals surface area contributed by atoms with E-state index in [0.717, 1.165) is 6.07 Å². The number of pyridine rings is 1. The van der Waals surface area contributed by atoms with Gasteiger partial charge in [0.05, 0.1) is 11.1 Å². The standard InChI is InChI=1S/C22H30F3N5O4/c1-21(2,3)34-20(33)28-15-9-13(10-15)19(32)30-7-5-29(6-8-30)17-16(18(31)26-4)11-14(12-27-17)22(23,24)25/h11-13,15H,5-10H2,1-4H3,(H,26,31)(H,28,33). The van der Waals surface area contributed by atoms with E-state index in [1.807, 2.05) is 0 Å². The first-order chi connectivity index (χ1) is 15.8. The van der Waals surface area contributed by atoms with E-state index in [-0.39, 0.29) is 29.2 Å². The fourth-order valence-corrected chi connectivity index (χ4v) is 3.97. The number of carbonyl (C=O) groups is 3. The number of nitrogens with one attached hydrogen (secondary N) is 2. The number of hydrogen-bond acceptors (Lipinski definition) is 6. The summed E-state index contributed by atoms with van der Waals surface area (Å²) in [6.45, 7) is 6.71. The number of hydrogen-bond donors (Lipinski definition) is 2. The number of piperazine rings is 1.